The van der Waals surface area contributed by atoms with E-state index >= 15 is 0 Å². The molecule has 8 rings (SSSR count). The van der Waals surface area contributed by atoms with Crippen molar-refractivity contribution in [1.29, 1.82) is 0 Å². The van der Waals surface area contributed by atoms with Gasteiger partial charge >= 0.3 is 0 Å². The zero-order valence-corrected chi connectivity index (χ0v) is 22.6. The van der Waals surface area contributed by atoms with E-state index in [2.05, 4.69) is 116 Å². The zero-order valence-electron chi connectivity index (χ0n) is 22.6. The Balaban J connectivity index is 1.44. The maximum Gasteiger partial charge on any atom is 0.0974 e. The van der Waals surface area contributed by atoms with Gasteiger partial charge in [0.2, 0.25) is 0 Å². The summed E-state index contributed by atoms with van der Waals surface area (Å²) in [7, 11) is 0. The van der Waals surface area contributed by atoms with Crippen LogP contribution in [-0.2, 0) is 0 Å². The lowest BCUT2D eigenvalue weighted by atomic mass is 9.90. The fourth-order valence-electron chi connectivity index (χ4n) is 6.26. The van der Waals surface area contributed by atoms with E-state index in [4.69, 9.17) is 9.97 Å². The largest absolute Gasteiger partial charge is 0.254 e. The number of hydrogen-bond acceptors (Lipinski definition) is 3. The summed E-state index contributed by atoms with van der Waals surface area (Å²) < 4.78 is 0. The lowest BCUT2D eigenvalue weighted by molar-refractivity contribution is 1.38. The molecular weight excluding hydrogens is 498 g/mol. The van der Waals surface area contributed by atoms with Crippen LogP contribution in [0.3, 0.4) is 0 Å². The standard InChI is InChI=1S/C38H25N3/c1-3-4-11-27-23(2)28-19-18-25(21-33(28)30-13-6-5-12-29(27)30)35-31-14-7-8-15-32(31)38-34(40-35)22-26-17-16-24-10-9-20-39-36(24)37(26)41-38/h3-22H,1H2,2H3/b11-4-. The van der Waals surface area contributed by atoms with E-state index in [1.165, 1.54) is 32.7 Å². The van der Waals surface area contributed by atoms with E-state index in [0.717, 1.165) is 54.9 Å². The second-order valence-corrected chi connectivity index (χ2v) is 10.5. The van der Waals surface area contributed by atoms with Crippen LogP contribution in [0.25, 0.3) is 82.5 Å². The molecule has 0 saturated heterocycles. The van der Waals surface area contributed by atoms with Crippen molar-refractivity contribution < 1.29 is 0 Å². The first-order valence-electron chi connectivity index (χ1n) is 13.8. The normalized spacial score (nSPS) is 12.0. The summed E-state index contributed by atoms with van der Waals surface area (Å²) in [6.45, 7) is 6.07. The van der Waals surface area contributed by atoms with Gasteiger partial charge < -0.3 is 0 Å². The molecule has 0 saturated carbocycles. The minimum atomic E-state index is 0.882. The summed E-state index contributed by atoms with van der Waals surface area (Å²) in [6, 6.07) is 34.3. The van der Waals surface area contributed by atoms with Gasteiger partial charge in [0.05, 0.1) is 27.8 Å². The molecule has 3 aromatic heterocycles. The maximum absolute atomic E-state index is 5.27. The number of rotatable bonds is 3. The molecule has 41 heavy (non-hydrogen) atoms. The molecule has 0 atom stereocenters. The van der Waals surface area contributed by atoms with Crippen molar-refractivity contribution >= 4 is 71.2 Å². The van der Waals surface area contributed by atoms with Crippen molar-refractivity contribution in [1.82, 2.24) is 15.0 Å². The van der Waals surface area contributed by atoms with E-state index in [0.29, 0.717) is 0 Å². The molecule has 0 fully saturated rings. The second-order valence-electron chi connectivity index (χ2n) is 10.5. The lowest BCUT2D eigenvalue weighted by Gasteiger charge is -2.15. The van der Waals surface area contributed by atoms with Gasteiger partial charge in [-0.05, 0) is 57.8 Å². The van der Waals surface area contributed by atoms with Crippen LogP contribution in [0, 0.1) is 6.92 Å². The van der Waals surface area contributed by atoms with Crippen molar-refractivity contribution in [3.05, 3.63) is 133 Å². The number of aryl methyl sites for hydroxylation is 1. The Labute approximate surface area is 237 Å². The van der Waals surface area contributed by atoms with E-state index in [1.54, 1.807) is 0 Å². The smallest absolute Gasteiger partial charge is 0.0974 e. The molecule has 0 N–H and O–H groups in total. The van der Waals surface area contributed by atoms with Gasteiger partial charge in [0, 0.05) is 33.3 Å². The van der Waals surface area contributed by atoms with Crippen LogP contribution >= 0.6 is 0 Å². The summed E-state index contributed by atoms with van der Waals surface area (Å²) in [5.74, 6) is 0. The van der Waals surface area contributed by atoms with Gasteiger partial charge in [-0.25, -0.2) is 9.97 Å². The maximum atomic E-state index is 5.27. The van der Waals surface area contributed by atoms with Crippen molar-refractivity contribution in [3.8, 4) is 11.3 Å². The minimum Gasteiger partial charge on any atom is -0.254 e. The van der Waals surface area contributed by atoms with E-state index < -0.39 is 0 Å². The fraction of sp³-hybridized carbons (Fsp3) is 0.0263. The number of nitrogens with zero attached hydrogens (tertiary/aromatic N) is 3. The average Bonchev–Trinajstić information content (AvgIpc) is 3.03. The van der Waals surface area contributed by atoms with E-state index in [9.17, 15) is 0 Å². The highest BCUT2D eigenvalue weighted by Crippen LogP contribution is 2.38. The number of benzene rings is 5. The lowest BCUT2D eigenvalue weighted by Crippen LogP contribution is -1.94. The number of fused-ring (bicyclic) bond motifs is 9. The summed E-state index contributed by atoms with van der Waals surface area (Å²) in [5, 5.41) is 9.25. The fourth-order valence-corrected chi connectivity index (χ4v) is 6.26. The van der Waals surface area contributed by atoms with Crippen molar-refractivity contribution in [3.63, 3.8) is 0 Å². The van der Waals surface area contributed by atoms with Crippen LogP contribution in [0.2, 0.25) is 0 Å². The summed E-state index contributed by atoms with van der Waals surface area (Å²) in [6.07, 6.45) is 7.83. The number of pyridine rings is 3. The Morgan fingerprint density at radius 3 is 2.24 bits per heavy atom. The molecule has 192 valence electrons. The van der Waals surface area contributed by atoms with Gasteiger partial charge in [-0.15, -0.1) is 0 Å². The number of hydrogen-bond donors (Lipinski definition) is 0. The van der Waals surface area contributed by atoms with Crippen LogP contribution in [0.15, 0.2) is 122 Å². The predicted octanol–water partition coefficient (Wildman–Crippen LogP) is 9.97. The monoisotopic (exact) mass is 523 g/mol. The molecule has 0 aliphatic carbocycles. The first kappa shape index (κ1) is 23.5. The molecule has 0 amide bonds. The van der Waals surface area contributed by atoms with Crippen LogP contribution in [0.5, 0.6) is 0 Å². The number of allylic oxidation sites excluding steroid dienone is 2. The summed E-state index contributed by atoms with van der Waals surface area (Å²) in [4.78, 5) is 15.1. The molecule has 5 aromatic carbocycles. The van der Waals surface area contributed by atoms with Crippen molar-refractivity contribution in [2.45, 2.75) is 6.92 Å². The van der Waals surface area contributed by atoms with Gasteiger partial charge in [-0.2, -0.15) is 0 Å². The first-order chi connectivity index (χ1) is 20.2. The SMILES string of the molecule is C=C/C=C\c1c(C)c2ccc(-c3nc4cc5ccc6cccnc6c5nc4c4ccccc34)cc2c2ccccc12. The molecule has 3 heteroatoms. The molecule has 0 aliphatic heterocycles. The van der Waals surface area contributed by atoms with E-state index in [1.807, 2.05) is 24.4 Å². The molecule has 8 aromatic rings. The Kier molecular flexibility index (Phi) is 5.19. The Morgan fingerprint density at radius 2 is 1.39 bits per heavy atom. The Hall–Kier alpha value is -5.41. The van der Waals surface area contributed by atoms with Gasteiger partial charge in [-0.3, -0.25) is 4.98 Å². The highest BCUT2D eigenvalue weighted by molar-refractivity contribution is 6.16. The van der Waals surface area contributed by atoms with Crippen molar-refractivity contribution in [2.75, 3.05) is 0 Å². The zero-order chi connectivity index (χ0) is 27.5. The third-order valence-electron chi connectivity index (χ3n) is 8.21. The molecule has 0 bridgehead atoms. The van der Waals surface area contributed by atoms with Crippen LogP contribution < -0.4 is 0 Å². The quantitative estimate of drug-likeness (QED) is 0.131. The van der Waals surface area contributed by atoms with E-state index in [-0.39, 0.29) is 0 Å². The first-order valence-corrected chi connectivity index (χ1v) is 13.8. The van der Waals surface area contributed by atoms with Crippen LogP contribution in [-0.4, -0.2) is 15.0 Å². The Bertz CT molecular complexity index is 2400. The average molecular weight is 524 g/mol. The predicted molar refractivity (Wildman–Crippen MR) is 174 cm³/mol. The minimum absolute atomic E-state index is 0.882. The number of aromatic nitrogens is 3. The van der Waals surface area contributed by atoms with Gasteiger partial charge in [0.25, 0.3) is 0 Å². The van der Waals surface area contributed by atoms with Crippen LogP contribution in [0.1, 0.15) is 11.1 Å². The molecule has 3 nitrogen and oxygen atoms in total. The topological polar surface area (TPSA) is 38.7 Å². The molecule has 0 radical (unpaired) electrons. The molecule has 0 aliphatic rings. The summed E-state index contributed by atoms with van der Waals surface area (Å²) in [5.41, 5.74) is 8.15. The van der Waals surface area contributed by atoms with Crippen LogP contribution in [0.4, 0.5) is 0 Å². The molecular formula is C38H25N3. The van der Waals surface area contributed by atoms with Gasteiger partial charge in [0.1, 0.15) is 0 Å². The summed E-state index contributed by atoms with van der Waals surface area (Å²) >= 11 is 0. The third kappa shape index (κ3) is 3.56. The second kappa shape index (κ2) is 9.07. The van der Waals surface area contributed by atoms with Gasteiger partial charge in [0.15, 0.2) is 0 Å². The molecule has 0 unspecified atom stereocenters. The van der Waals surface area contributed by atoms with Crippen molar-refractivity contribution in [2.24, 2.45) is 0 Å². The van der Waals surface area contributed by atoms with Gasteiger partial charge in [-0.1, -0.05) is 104 Å². The molecule has 3 heterocycles. The Morgan fingerprint density at radius 1 is 0.610 bits per heavy atom. The highest BCUT2D eigenvalue weighted by atomic mass is 14.8. The third-order valence-corrected chi connectivity index (χ3v) is 8.21. The highest BCUT2D eigenvalue weighted by Gasteiger charge is 2.16. The molecule has 0 spiro atoms.